The Morgan fingerprint density at radius 1 is 1.22 bits per heavy atom. The van der Waals surface area contributed by atoms with Gasteiger partial charge in [-0.15, -0.1) is 0 Å². The van der Waals surface area contributed by atoms with Crippen molar-refractivity contribution in [1.82, 2.24) is 5.32 Å². The summed E-state index contributed by atoms with van der Waals surface area (Å²) in [6.07, 6.45) is 9.70. The maximum atomic E-state index is 13.1. The van der Waals surface area contributed by atoms with Crippen molar-refractivity contribution in [2.75, 3.05) is 7.11 Å². The van der Waals surface area contributed by atoms with Crippen molar-refractivity contribution in [2.45, 2.75) is 72.0 Å². The molecular weight excluding hydrogens is 474 g/mol. The number of hydrogen-bond acceptors (Lipinski definition) is 7. The molecule has 1 heterocycles. The second-order valence-electron chi connectivity index (χ2n) is 9.69. The molecule has 0 saturated heterocycles. The van der Waals surface area contributed by atoms with E-state index >= 15 is 0 Å². The molecule has 9 heteroatoms. The van der Waals surface area contributed by atoms with E-state index in [-0.39, 0.29) is 41.3 Å². The third-order valence-corrected chi connectivity index (χ3v) is 6.75. The molecule has 1 aliphatic heterocycles. The van der Waals surface area contributed by atoms with Gasteiger partial charge in [0.1, 0.15) is 6.10 Å². The van der Waals surface area contributed by atoms with Crippen LogP contribution in [0.15, 0.2) is 58.5 Å². The first kappa shape index (κ1) is 29.8. The third-order valence-electron chi connectivity index (χ3n) is 6.75. The summed E-state index contributed by atoms with van der Waals surface area (Å²) in [6, 6.07) is 0. The normalized spacial score (nSPS) is 30.4. The Kier molecular flexibility index (Phi) is 11.1. The predicted molar refractivity (Wildman–Crippen MR) is 141 cm³/mol. The summed E-state index contributed by atoms with van der Waals surface area (Å²) < 4.78 is 11.1. The number of fused-ring (bicyclic) bond motifs is 2. The molecule has 0 aromatic rings. The number of rotatable bonds is 3. The molecule has 0 saturated carbocycles. The van der Waals surface area contributed by atoms with E-state index < -0.39 is 29.7 Å². The summed E-state index contributed by atoms with van der Waals surface area (Å²) in [6.45, 7) is 7.43. The van der Waals surface area contributed by atoms with Gasteiger partial charge < -0.3 is 26.3 Å². The Hall–Kier alpha value is -3.46. The molecule has 37 heavy (non-hydrogen) atoms. The van der Waals surface area contributed by atoms with Crippen LogP contribution in [0.3, 0.4) is 0 Å². The molecule has 202 valence electrons. The van der Waals surface area contributed by atoms with Gasteiger partial charge in [0, 0.05) is 30.2 Å². The van der Waals surface area contributed by atoms with Crippen molar-refractivity contribution >= 4 is 23.6 Å². The second kappa shape index (κ2) is 13.7. The van der Waals surface area contributed by atoms with Gasteiger partial charge in [-0.05, 0) is 57.4 Å². The smallest absolute Gasteiger partial charge is 0.405 e. The van der Waals surface area contributed by atoms with Gasteiger partial charge in [0.05, 0.1) is 17.5 Å². The van der Waals surface area contributed by atoms with Gasteiger partial charge in [-0.3, -0.25) is 14.4 Å². The van der Waals surface area contributed by atoms with Gasteiger partial charge in [0.25, 0.3) is 5.91 Å². The monoisotopic (exact) mass is 513 g/mol. The molecule has 2 rings (SSSR count). The molecule has 9 nitrogen and oxygen atoms in total. The maximum Gasteiger partial charge on any atom is 0.405 e. The summed E-state index contributed by atoms with van der Waals surface area (Å²) >= 11 is 0. The molecule has 1 unspecified atom stereocenters. The van der Waals surface area contributed by atoms with Crippen molar-refractivity contribution in [3.05, 3.63) is 58.5 Å². The van der Waals surface area contributed by atoms with Crippen LogP contribution in [0, 0.1) is 11.8 Å². The van der Waals surface area contributed by atoms with Gasteiger partial charge in [0.15, 0.2) is 0 Å². The fourth-order valence-electron chi connectivity index (χ4n) is 4.56. The van der Waals surface area contributed by atoms with Crippen LogP contribution < -0.4 is 16.8 Å². The second-order valence-corrected chi connectivity index (χ2v) is 9.69. The SMILES string of the molecule is CC[C@H]1/C=C\C=C(/C)C(=O)NC2=CC(=O)C(N)=C(CC(C)C[C@H](OC)CC/C=C(\C)[C@@H]1OC(N)=O)C2=O. The van der Waals surface area contributed by atoms with Crippen LogP contribution in [0.2, 0.25) is 0 Å². The molecular formula is C28H39N3O6. The van der Waals surface area contributed by atoms with Crippen LogP contribution in [-0.2, 0) is 23.9 Å². The van der Waals surface area contributed by atoms with Gasteiger partial charge in [0.2, 0.25) is 11.6 Å². The minimum atomic E-state index is -0.857. The molecule has 2 bridgehead atoms. The number of methoxy groups -OCH3 is 1. The van der Waals surface area contributed by atoms with E-state index in [2.05, 4.69) is 5.32 Å². The highest BCUT2D eigenvalue weighted by Crippen LogP contribution is 2.27. The highest BCUT2D eigenvalue weighted by Gasteiger charge is 2.30. The maximum absolute atomic E-state index is 13.1. The van der Waals surface area contributed by atoms with E-state index in [1.807, 2.05) is 32.9 Å². The lowest BCUT2D eigenvalue weighted by atomic mass is 9.87. The minimum Gasteiger partial charge on any atom is -0.441 e. The zero-order chi connectivity index (χ0) is 27.7. The van der Waals surface area contributed by atoms with Gasteiger partial charge in [-0.1, -0.05) is 38.2 Å². The number of amides is 2. The van der Waals surface area contributed by atoms with Crippen LogP contribution in [0.5, 0.6) is 0 Å². The van der Waals surface area contributed by atoms with Crippen molar-refractivity contribution in [1.29, 1.82) is 0 Å². The Bertz CT molecular complexity index is 1070. The summed E-state index contributed by atoms with van der Waals surface area (Å²) in [7, 11) is 1.63. The standard InChI is InChI=1S/C28H39N3O6/c1-6-19-11-7-10-18(4)27(34)31-22-15-23(32)24(29)21(25(22)33)14-16(2)13-20(36-5)12-8-9-17(3)26(19)37-28(30)35/h7,9-11,15-16,19-20,26H,6,8,12-14,29H2,1-5H3,(H2,30,35)(H,31,34)/b11-7-,17-9+,18-10+/t16?,19-,20+,26-/m0/s1. The Balaban J connectivity index is 2.47. The van der Waals surface area contributed by atoms with Crippen LogP contribution in [0.4, 0.5) is 4.79 Å². The van der Waals surface area contributed by atoms with E-state index in [4.69, 9.17) is 20.9 Å². The highest BCUT2D eigenvalue weighted by atomic mass is 16.6. The lowest BCUT2D eigenvalue weighted by molar-refractivity contribution is -0.120. The molecule has 0 radical (unpaired) electrons. The van der Waals surface area contributed by atoms with Crippen molar-refractivity contribution in [3.8, 4) is 0 Å². The van der Waals surface area contributed by atoms with E-state index in [9.17, 15) is 19.2 Å². The number of carbonyl (C=O) groups is 4. The van der Waals surface area contributed by atoms with E-state index in [0.717, 1.165) is 11.6 Å². The average Bonchev–Trinajstić information content (AvgIpc) is 2.84. The average molecular weight is 514 g/mol. The summed E-state index contributed by atoms with van der Waals surface area (Å²) in [5.41, 5.74) is 12.6. The number of ketones is 2. The summed E-state index contributed by atoms with van der Waals surface area (Å²) in [5, 5.41) is 2.56. The Labute approximate surface area is 218 Å². The topological polar surface area (TPSA) is 151 Å². The first-order chi connectivity index (χ1) is 17.5. The Morgan fingerprint density at radius 3 is 2.54 bits per heavy atom. The molecule has 4 atom stereocenters. The fraction of sp³-hybridized carbons (Fsp3) is 0.500. The number of Topliss-reactive ketones (excluding diaryl/α,β-unsaturated/α-hetero) is 1. The number of nitrogens with one attached hydrogen (secondary N) is 1. The minimum absolute atomic E-state index is 0.0151. The first-order valence-electron chi connectivity index (χ1n) is 12.6. The van der Waals surface area contributed by atoms with Gasteiger partial charge in [-0.25, -0.2) is 4.79 Å². The van der Waals surface area contributed by atoms with Crippen molar-refractivity contribution < 1.29 is 28.7 Å². The van der Waals surface area contributed by atoms with E-state index in [1.54, 1.807) is 26.2 Å². The number of carbonyl (C=O) groups excluding carboxylic acids is 4. The zero-order valence-electron chi connectivity index (χ0n) is 22.3. The first-order valence-corrected chi connectivity index (χ1v) is 12.6. The fourth-order valence-corrected chi connectivity index (χ4v) is 4.56. The van der Waals surface area contributed by atoms with Crippen LogP contribution in [0.25, 0.3) is 0 Å². The number of nitrogens with two attached hydrogens (primary N) is 2. The summed E-state index contributed by atoms with van der Waals surface area (Å²) in [5.74, 6) is -1.66. The molecule has 1 aliphatic carbocycles. The Morgan fingerprint density at radius 2 is 1.92 bits per heavy atom. The molecule has 0 aromatic heterocycles. The molecule has 2 amide bonds. The van der Waals surface area contributed by atoms with E-state index in [1.165, 1.54) is 0 Å². The number of ether oxygens (including phenoxy) is 2. The van der Waals surface area contributed by atoms with Gasteiger partial charge in [-0.2, -0.15) is 0 Å². The molecule has 5 N–H and O–H groups in total. The van der Waals surface area contributed by atoms with Crippen LogP contribution >= 0.6 is 0 Å². The molecule has 2 aliphatic rings. The molecule has 0 aromatic carbocycles. The van der Waals surface area contributed by atoms with Crippen molar-refractivity contribution in [2.24, 2.45) is 23.3 Å². The number of hydrogen-bond donors (Lipinski definition) is 3. The third kappa shape index (κ3) is 8.28. The predicted octanol–water partition coefficient (Wildman–Crippen LogP) is 3.52. The largest absolute Gasteiger partial charge is 0.441 e. The van der Waals surface area contributed by atoms with Crippen molar-refractivity contribution in [3.63, 3.8) is 0 Å². The number of allylic oxidation sites excluding steroid dienone is 5. The summed E-state index contributed by atoms with van der Waals surface area (Å²) in [4.78, 5) is 50.0. The molecule has 0 fully saturated rings. The van der Waals surface area contributed by atoms with Crippen LogP contribution in [0.1, 0.15) is 59.8 Å². The zero-order valence-corrected chi connectivity index (χ0v) is 22.3. The van der Waals surface area contributed by atoms with E-state index in [0.29, 0.717) is 31.3 Å². The quantitative estimate of drug-likeness (QED) is 0.386. The van der Waals surface area contributed by atoms with Crippen LogP contribution in [-0.4, -0.2) is 42.9 Å². The lowest BCUT2D eigenvalue weighted by Gasteiger charge is -2.25. The highest BCUT2D eigenvalue weighted by molar-refractivity contribution is 6.23. The molecule has 0 spiro atoms. The number of primary amides is 1. The van der Waals surface area contributed by atoms with Gasteiger partial charge >= 0.3 is 6.09 Å². The lowest BCUT2D eigenvalue weighted by Crippen LogP contribution is -2.34.